The minimum atomic E-state index is -0.229. The lowest BCUT2D eigenvalue weighted by molar-refractivity contribution is -0.114. The first kappa shape index (κ1) is 13.1. The topological polar surface area (TPSA) is 64.3 Å². The zero-order valence-electron chi connectivity index (χ0n) is 10.7. The number of nitrogens with two attached hydrogens (primary N) is 1. The van der Waals surface area contributed by atoms with E-state index in [0.29, 0.717) is 11.4 Å². The Hall–Kier alpha value is -2.33. The molecule has 0 saturated heterocycles. The normalized spacial score (nSPS) is 10.0. The predicted molar refractivity (Wildman–Crippen MR) is 75.4 cm³/mol. The van der Waals surface area contributed by atoms with E-state index in [0.717, 1.165) is 11.3 Å². The van der Waals surface area contributed by atoms with Crippen LogP contribution in [0.2, 0.25) is 0 Å². The van der Waals surface area contributed by atoms with Gasteiger partial charge in [-0.3, -0.25) is 4.79 Å². The third-order valence-corrected chi connectivity index (χ3v) is 2.62. The number of amides is 1. The lowest BCUT2D eigenvalue weighted by atomic mass is 10.2. The molecule has 0 heterocycles. The van der Waals surface area contributed by atoms with Gasteiger partial charge in [-0.15, -0.1) is 0 Å². The summed E-state index contributed by atoms with van der Waals surface area (Å²) in [6.45, 7) is 1.94. The maximum absolute atomic E-state index is 11.2. The van der Waals surface area contributed by atoms with Gasteiger partial charge in [0.1, 0.15) is 11.5 Å². The van der Waals surface area contributed by atoms with Gasteiger partial charge in [0.05, 0.1) is 6.54 Å². The van der Waals surface area contributed by atoms with Gasteiger partial charge in [0.25, 0.3) is 0 Å². The third kappa shape index (κ3) is 3.56. The van der Waals surface area contributed by atoms with Crippen LogP contribution < -0.4 is 15.8 Å². The number of aryl methyl sites for hydroxylation is 1. The molecule has 0 aliphatic rings. The van der Waals surface area contributed by atoms with E-state index in [1.807, 2.05) is 43.3 Å². The smallest absolute Gasteiger partial charge is 0.238 e. The number of hydrogen-bond donors (Lipinski definition) is 2. The highest BCUT2D eigenvalue weighted by Gasteiger charge is 2.03. The summed E-state index contributed by atoms with van der Waals surface area (Å²) >= 11 is 0. The summed E-state index contributed by atoms with van der Waals surface area (Å²) in [5.41, 5.74) is 6.98. The highest BCUT2D eigenvalue weighted by atomic mass is 16.5. The Morgan fingerprint density at radius 2 is 2.00 bits per heavy atom. The summed E-state index contributed by atoms with van der Waals surface area (Å²) in [5.74, 6) is 1.24. The third-order valence-electron chi connectivity index (χ3n) is 2.62. The van der Waals surface area contributed by atoms with Gasteiger partial charge in [-0.05, 0) is 30.7 Å². The van der Waals surface area contributed by atoms with Crippen molar-refractivity contribution in [2.45, 2.75) is 6.92 Å². The summed E-state index contributed by atoms with van der Waals surface area (Å²) < 4.78 is 5.78. The molecule has 2 aromatic carbocycles. The summed E-state index contributed by atoms with van der Waals surface area (Å²) in [4.78, 5) is 11.2. The molecule has 0 atom stereocenters. The monoisotopic (exact) mass is 256 g/mol. The minimum absolute atomic E-state index is 0.0388. The largest absolute Gasteiger partial charge is 0.457 e. The van der Waals surface area contributed by atoms with E-state index in [-0.39, 0.29) is 12.5 Å². The van der Waals surface area contributed by atoms with Crippen LogP contribution in [0.15, 0.2) is 48.5 Å². The Kier molecular flexibility index (Phi) is 4.15. The van der Waals surface area contributed by atoms with Crippen molar-refractivity contribution in [3.05, 3.63) is 54.1 Å². The van der Waals surface area contributed by atoms with Crippen LogP contribution in [-0.4, -0.2) is 12.5 Å². The standard InChI is InChI=1S/C15H16N2O2/c1-11-5-2-3-8-14(11)19-13-7-4-6-12(9-13)17-15(18)10-16/h2-9H,10,16H2,1H3,(H,17,18). The van der Waals surface area contributed by atoms with Gasteiger partial charge < -0.3 is 15.8 Å². The molecule has 0 radical (unpaired) electrons. The van der Waals surface area contributed by atoms with Crippen LogP contribution in [0, 0.1) is 6.92 Å². The predicted octanol–water partition coefficient (Wildman–Crippen LogP) is 2.68. The van der Waals surface area contributed by atoms with Crippen LogP contribution in [0.5, 0.6) is 11.5 Å². The number of anilines is 1. The van der Waals surface area contributed by atoms with E-state index >= 15 is 0 Å². The lowest BCUT2D eigenvalue weighted by Gasteiger charge is -2.10. The summed E-state index contributed by atoms with van der Waals surface area (Å²) in [6, 6.07) is 15.0. The average Bonchev–Trinajstić information content (AvgIpc) is 2.42. The number of carbonyl (C=O) groups excluding carboxylic acids is 1. The SMILES string of the molecule is Cc1ccccc1Oc1cccc(NC(=O)CN)c1. The second-order valence-electron chi connectivity index (χ2n) is 4.15. The van der Waals surface area contributed by atoms with Crippen molar-refractivity contribution in [2.75, 3.05) is 11.9 Å². The molecular formula is C15H16N2O2. The second kappa shape index (κ2) is 6.02. The number of nitrogens with one attached hydrogen (secondary N) is 1. The lowest BCUT2D eigenvalue weighted by Crippen LogP contribution is -2.21. The highest BCUT2D eigenvalue weighted by molar-refractivity contribution is 5.92. The van der Waals surface area contributed by atoms with Gasteiger partial charge in [0.2, 0.25) is 5.91 Å². The number of ether oxygens (including phenoxy) is 1. The first-order valence-corrected chi connectivity index (χ1v) is 6.02. The molecule has 0 aliphatic carbocycles. The van der Waals surface area contributed by atoms with E-state index in [2.05, 4.69) is 5.32 Å². The van der Waals surface area contributed by atoms with Crippen molar-refractivity contribution in [1.29, 1.82) is 0 Å². The van der Waals surface area contributed by atoms with E-state index in [4.69, 9.17) is 10.5 Å². The summed E-state index contributed by atoms with van der Waals surface area (Å²) in [6.07, 6.45) is 0. The van der Waals surface area contributed by atoms with E-state index in [1.165, 1.54) is 0 Å². The molecule has 0 spiro atoms. The van der Waals surface area contributed by atoms with Crippen LogP contribution in [0.3, 0.4) is 0 Å². The average molecular weight is 256 g/mol. The van der Waals surface area contributed by atoms with Crippen LogP contribution in [0.25, 0.3) is 0 Å². The maximum atomic E-state index is 11.2. The van der Waals surface area contributed by atoms with Crippen molar-refractivity contribution in [1.82, 2.24) is 0 Å². The molecule has 1 amide bonds. The van der Waals surface area contributed by atoms with Crippen LogP contribution in [0.4, 0.5) is 5.69 Å². The molecule has 4 nitrogen and oxygen atoms in total. The molecular weight excluding hydrogens is 240 g/mol. The van der Waals surface area contributed by atoms with Gasteiger partial charge >= 0.3 is 0 Å². The van der Waals surface area contributed by atoms with E-state index < -0.39 is 0 Å². The Labute approximate surface area is 112 Å². The van der Waals surface area contributed by atoms with Crippen LogP contribution in [-0.2, 0) is 4.79 Å². The zero-order chi connectivity index (χ0) is 13.7. The van der Waals surface area contributed by atoms with Gasteiger partial charge in [-0.25, -0.2) is 0 Å². The summed E-state index contributed by atoms with van der Waals surface area (Å²) in [7, 11) is 0. The minimum Gasteiger partial charge on any atom is -0.457 e. The molecule has 19 heavy (non-hydrogen) atoms. The molecule has 2 aromatic rings. The first-order chi connectivity index (χ1) is 9.19. The fraction of sp³-hybridized carbons (Fsp3) is 0.133. The van der Waals surface area contributed by atoms with Crippen molar-refractivity contribution < 1.29 is 9.53 Å². The van der Waals surface area contributed by atoms with Gasteiger partial charge in [-0.2, -0.15) is 0 Å². The number of rotatable bonds is 4. The first-order valence-electron chi connectivity index (χ1n) is 6.02. The van der Waals surface area contributed by atoms with Gasteiger partial charge in [-0.1, -0.05) is 24.3 Å². The molecule has 0 unspecified atom stereocenters. The van der Waals surface area contributed by atoms with E-state index in [9.17, 15) is 4.79 Å². The highest BCUT2D eigenvalue weighted by Crippen LogP contribution is 2.26. The molecule has 0 saturated carbocycles. The fourth-order valence-corrected chi connectivity index (χ4v) is 1.65. The Morgan fingerprint density at radius 3 is 2.74 bits per heavy atom. The number of benzene rings is 2. The van der Waals surface area contributed by atoms with Crippen molar-refractivity contribution in [2.24, 2.45) is 5.73 Å². The molecule has 98 valence electrons. The molecule has 0 fully saturated rings. The molecule has 2 rings (SSSR count). The number of carbonyl (C=O) groups is 1. The summed E-state index contributed by atoms with van der Waals surface area (Å²) in [5, 5.41) is 2.69. The Morgan fingerprint density at radius 1 is 1.21 bits per heavy atom. The van der Waals surface area contributed by atoms with Crippen molar-refractivity contribution >= 4 is 11.6 Å². The van der Waals surface area contributed by atoms with Gasteiger partial charge in [0, 0.05) is 11.8 Å². The van der Waals surface area contributed by atoms with Crippen LogP contribution >= 0.6 is 0 Å². The molecule has 0 aromatic heterocycles. The molecule has 4 heteroatoms. The number of hydrogen-bond acceptors (Lipinski definition) is 3. The fourth-order valence-electron chi connectivity index (χ4n) is 1.65. The maximum Gasteiger partial charge on any atom is 0.238 e. The van der Waals surface area contributed by atoms with Gasteiger partial charge in [0.15, 0.2) is 0 Å². The zero-order valence-corrected chi connectivity index (χ0v) is 10.7. The number of para-hydroxylation sites is 1. The van der Waals surface area contributed by atoms with Crippen LogP contribution in [0.1, 0.15) is 5.56 Å². The Bertz CT molecular complexity index is 582. The van der Waals surface area contributed by atoms with Crippen molar-refractivity contribution in [3.8, 4) is 11.5 Å². The van der Waals surface area contributed by atoms with Crippen molar-refractivity contribution in [3.63, 3.8) is 0 Å². The van der Waals surface area contributed by atoms with E-state index in [1.54, 1.807) is 12.1 Å². The molecule has 3 N–H and O–H groups in total. The quantitative estimate of drug-likeness (QED) is 0.884. The Balaban J connectivity index is 2.15. The molecule has 0 aliphatic heterocycles. The molecule has 0 bridgehead atoms. The second-order valence-corrected chi connectivity index (χ2v) is 4.15.